The summed E-state index contributed by atoms with van der Waals surface area (Å²) in [4.78, 5) is 14.8. The van der Waals surface area contributed by atoms with E-state index in [0.29, 0.717) is 23.9 Å². The first kappa shape index (κ1) is 22.2. The fraction of sp³-hybridized carbons (Fsp3) is 0.682. The molecule has 2 aliphatic rings. The number of carbonyl (C=O) groups is 1. The number of nitrogens with one attached hydrogen (secondary N) is 2. The molecule has 1 aromatic carbocycles. The highest BCUT2D eigenvalue weighted by Gasteiger charge is 2.24. The van der Waals surface area contributed by atoms with E-state index in [4.69, 9.17) is 0 Å². The van der Waals surface area contributed by atoms with Crippen LogP contribution in [0.5, 0.6) is 0 Å². The van der Waals surface area contributed by atoms with Gasteiger partial charge in [-0.1, -0.05) is 37.0 Å². The van der Waals surface area contributed by atoms with Gasteiger partial charge in [-0.25, -0.2) is 13.1 Å². The van der Waals surface area contributed by atoms with Crippen molar-refractivity contribution in [2.45, 2.75) is 56.8 Å². The largest absolute Gasteiger partial charge is 0.355 e. The number of aryl methyl sites for hydroxylation is 1. The number of hydrogen-bond donors (Lipinski definition) is 2. The number of amides is 1. The minimum Gasteiger partial charge on any atom is -0.355 e. The molecule has 1 aromatic rings. The number of sulfonamides is 1. The van der Waals surface area contributed by atoms with Gasteiger partial charge >= 0.3 is 0 Å². The number of benzene rings is 1. The van der Waals surface area contributed by atoms with Crippen molar-refractivity contribution in [3.05, 3.63) is 29.8 Å². The van der Waals surface area contributed by atoms with Gasteiger partial charge in [-0.3, -0.25) is 9.69 Å². The fourth-order valence-corrected chi connectivity index (χ4v) is 5.51. The predicted molar refractivity (Wildman–Crippen MR) is 115 cm³/mol. The maximum atomic E-state index is 12.5. The molecule has 2 N–H and O–H groups in total. The molecule has 162 valence electrons. The van der Waals surface area contributed by atoms with E-state index in [-0.39, 0.29) is 11.8 Å². The quantitative estimate of drug-likeness (QED) is 0.676. The van der Waals surface area contributed by atoms with Gasteiger partial charge in [-0.15, -0.1) is 0 Å². The molecule has 0 radical (unpaired) electrons. The van der Waals surface area contributed by atoms with Gasteiger partial charge in [0.15, 0.2) is 0 Å². The van der Waals surface area contributed by atoms with E-state index >= 15 is 0 Å². The smallest absolute Gasteiger partial charge is 0.240 e. The van der Waals surface area contributed by atoms with Crippen LogP contribution in [0, 0.1) is 18.8 Å². The zero-order valence-electron chi connectivity index (χ0n) is 17.5. The number of nitrogens with zero attached hydrogens (tertiary/aromatic N) is 1. The van der Waals surface area contributed by atoms with E-state index in [0.717, 1.165) is 38.0 Å². The minimum atomic E-state index is -3.49. The van der Waals surface area contributed by atoms with E-state index in [2.05, 4.69) is 14.9 Å². The van der Waals surface area contributed by atoms with Gasteiger partial charge in [0.05, 0.1) is 11.4 Å². The van der Waals surface area contributed by atoms with Crippen LogP contribution in [0.25, 0.3) is 0 Å². The van der Waals surface area contributed by atoms with Crippen LogP contribution in [0.15, 0.2) is 29.2 Å². The molecule has 29 heavy (non-hydrogen) atoms. The fourth-order valence-electron chi connectivity index (χ4n) is 4.40. The molecule has 0 unspecified atom stereocenters. The Labute approximate surface area is 175 Å². The summed E-state index contributed by atoms with van der Waals surface area (Å²) in [6.45, 7) is 5.22. The lowest BCUT2D eigenvalue weighted by Gasteiger charge is -2.32. The Bertz CT molecular complexity index is 758. The highest BCUT2D eigenvalue weighted by Crippen LogP contribution is 2.23. The van der Waals surface area contributed by atoms with Crippen LogP contribution in [-0.4, -0.2) is 51.9 Å². The Morgan fingerprint density at radius 2 is 1.69 bits per heavy atom. The van der Waals surface area contributed by atoms with Crippen molar-refractivity contribution < 1.29 is 13.2 Å². The molecule has 1 aliphatic carbocycles. The number of piperidine rings is 1. The van der Waals surface area contributed by atoms with E-state index in [1.54, 1.807) is 12.1 Å². The molecular formula is C22H35N3O3S. The first-order valence-electron chi connectivity index (χ1n) is 11.0. The van der Waals surface area contributed by atoms with E-state index in [1.807, 2.05) is 19.1 Å². The van der Waals surface area contributed by atoms with E-state index < -0.39 is 10.0 Å². The SMILES string of the molecule is Cc1ccc(S(=O)(=O)NC[C@@H]2CCCN(CC(=O)NCC3CCCCC3)C2)cc1. The maximum absolute atomic E-state index is 12.5. The van der Waals surface area contributed by atoms with Crippen LogP contribution < -0.4 is 10.0 Å². The van der Waals surface area contributed by atoms with E-state index in [1.165, 1.54) is 32.1 Å². The molecule has 1 atom stereocenters. The lowest BCUT2D eigenvalue weighted by Crippen LogP contribution is -2.45. The van der Waals surface area contributed by atoms with Crippen LogP contribution >= 0.6 is 0 Å². The molecule has 1 heterocycles. The number of likely N-dealkylation sites (tertiary alicyclic amines) is 1. The first-order valence-corrected chi connectivity index (χ1v) is 12.5. The maximum Gasteiger partial charge on any atom is 0.240 e. The second-order valence-corrected chi connectivity index (χ2v) is 10.5. The van der Waals surface area contributed by atoms with Gasteiger partial charge in [0.2, 0.25) is 15.9 Å². The minimum absolute atomic E-state index is 0.0939. The summed E-state index contributed by atoms with van der Waals surface area (Å²) in [7, 11) is -3.49. The highest BCUT2D eigenvalue weighted by atomic mass is 32.2. The summed E-state index contributed by atoms with van der Waals surface area (Å²) in [6, 6.07) is 6.90. The second-order valence-electron chi connectivity index (χ2n) is 8.72. The number of carbonyl (C=O) groups excluding carboxylic acids is 1. The van der Waals surface area contributed by atoms with Crippen LogP contribution in [0.1, 0.15) is 50.5 Å². The van der Waals surface area contributed by atoms with Crippen molar-refractivity contribution in [3.8, 4) is 0 Å². The highest BCUT2D eigenvalue weighted by molar-refractivity contribution is 7.89. The van der Waals surface area contributed by atoms with Crippen molar-refractivity contribution in [1.29, 1.82) is 0 Å². The first-order chi connectivity index (χ1) is 13.9. The zero-order chi connectivity index (χ0) is 20.7. The molecule has 1 amide bonds. The van der Waals surface area contributed by atoms with Crippen molar-refractivity contribution in [3.63, 3.8) is 0 Å². The van der Waals surface area contributed by atoms with Crippen molar-refractivity contribution in [2.75, 3.05) is 32.7 Å². The van der Waals surface area contributed by atoms with Crippen LogP contribution in [0.4, 0.5) is 0 Å². The van der Waals surface area contributed by atoms with Crippen molar-refractivity contribution in [1.82, 2.24) is 14.9 Å². The molecule has 1 saturated carbocycles. The monoisotopic (exact) mass is 421 g/mol. The Hall–Kier alpha value is -1.44. The molecule has 0 aromatic heterocycles. The molecule has 0 spiro atoms. The molecule has 2 fully saturated rings. The van der Waals surface area contributed by atoms with Gasteiger partial charge in [0.1, 0.15) is 0 Å². The Balaban J connectivity index is 1.41. The van der Waals surface area contributed by atoms with Gasteiger partial charge in [-0.05, 0) is 63.1 Å². The average Bonchev–Trinajstić information content (AvgIpc) is 2.72. The van der Waals surface area contributed by atoms with Gasteiger partial charge in [-0.2, -0.15) is 0 Å². The van der Waals surface area contributed by atoms with E-state index in [9.17, 15) is 13.2 Å². The number of rotatable bonds is 8. The third-order valence-corrected chi connectivity index (χ3v) is 7.62. The van der Waals surface area contributed by atoms with Crippen molar-refractivity contribution in [2.24, 2.45) is 11.8 Å². The summed E-state index contributed by atoms with van der Waals surface area (Å²) < 4.78 is 27.7. The van der Waals surface area contributed by atoms with Crippen LogP contribution in [-0.2, 0) is 14.8 Å². The summed E-state index contributed by atoms with van der Waals surface area (Å²) in [5.41, 5.74) is 1.04. The average molecular weight is 422 g/mol. The summed E-state index contributed by atoms with van der Waals surface area (Å²) in [5, 5.41) is 3.10. The molecule has 6 nitrogen and oxygen atoms in total. The Morgan fingerprint density at radius 1 is 1.00 bits per heavy atom. The van der Waals surface area contributed by atoms with Crippen LogP contribution in [0.3, 0.4) is 0 Å². The third kappa shape index (κ3) is 7.08. The molecule has 1 saturated heterocycles. The standard InChI is InChI=1S/C22H35N3O3S/c1-18-9-11-21(12-10-18)29(27,28)24-15-20-8-5-13-25(16-20)17-22(26)23-14-19-6-3-2-4-7-19/h9-12,19-20,24H,2-8,13-17H2,1H3,(H,23,26)/t20-/m0/s1. The summed E-state index contributed by atoms with van der Waals surface area (Å²) in [5.74, 6) is 0.963. The molecule has 1 aliphatic heterocycles. The second kappa shape index (κ2) is 10.5. The lowest BCUT2D eigenvalue weighted by atomic mass is 9.89. The van der Waals surface area contributed by atoms with Gasteiger partial charge < -0.3 is 5.32 Å². The Morgan fingerprint density at radius 3 is 2.41 bits per heavy atom. The van der Waals surface area contributed by atoms with Gasteiger partial charge in [0.25, 0.3) is 0 Å². The van der Waals surface area contributed by atoms with Gasteiger partial charge in [0, 0.05) is 19.6 Å². The lowest BCUT2D eigenvalue weighted by molar-refractivity contribution is -0.122. The topological polar surface area (TPSA) is 78.5 Å². The summed E-state index contributed by atoms with van der Waals surface area (Å²) in [6.07, 6.45) is 8.33. The summed E-state index contributed by atoms with van der Waals surface area (Å²) >= 11 is 0. The number of hydrogen-bond acceptors (Lipinski definition) is 4. The predicted octanol–water partition coefficient (Wildman–Crippen LogP) is 2.68. The molecular weight excluding hydrogens is 386 g/mol. The zero-order valence-corrected chi connectivity index (χ0v) is 18.3. The Kier molecular flexibility index (Phi) is 8.09. The third-order valence-electron chi connectivity index (χ3n) is 6.18. The molecule has 0 bridgehead atoms. The molecule has 7 heteroatoms. The van der Waals surface area contributed by atoms with Crippen LogP contribution in [0.2, 0.25) is 0 Å². The molecule has 3 rings (SSSR count). The van der Waals surface area contributed by atoms with Crippen molar-refractivity contribution >= 4 is 15.9 Å². The normalized spacial score (nSPS) is 21.8.